The maximum atomic E-state index is 11.0. The predicted molar refractivity (Wildman–Crippen MR) is 39.5 cm³/mol. The van der Waals surface area contributed by atoms with Gasteiger partial charge in [-0.15, -0.1) is 0 Å². The molecule has 1 amide bonds. The number of nitrogens with one attached hydrogen (secondary N) is 1. The Bertz CT molecular complexity index is 181. The Morgan fingerprint density at radius 3 is 2.64 bits per heavy atom. The molecule has 0 saturated carbocycles. The van der Waals surface area contributed by atoms with E-state index in [2.05, 4.69) is 5.32 Å². The van der Waals surface area contributed by atoms with Crippen LogP contribution in [0.15, 0.2) is 0 Å². The highest BCUT2D eigenvalue weighted by Gasteiger charge is 2.26. The van der Waals surface area contributed by atoms with Crippen LogP contribution in [0.2, 0.25) is 0 Å². The highest BCUT2D eigenvalue weighted by atomic mass is 16.3. The van der Waals surface area contributed by atoms with Gasteiger partial charge in [0.25, 0.3) is 0 Å². The lowest BCUT2D eigenvalue weighted by molar-refractivity contribution is -0.126. The van der Waals surface area contributed by atoms with Gasteiger partial charge in [-0.3, -0.25) is 4.79 Å². The van der Waals surface area contributed by atoms with Crippen LogP contribution in [0.1, 0.15) is 13.8 Å². The topological polar surface area (TPSA) is 73.1 Å². The van der Waals surface area contributed by atoms with E-state index in [-0.39, 0.29) is 19.1 Å². The molecule has 11 heavy (non-hydrogen) atoms. The number of nitrogens with zero attached hydrogens (tertiary/aromatic N) is 1. The van der Waals surface area contributed by atoms with Gasteiger partial charge in [0.05, 0.1) is 12.7 Å². The van der Waals surface area contributed by atoms with Crippen molar-refractivity contribution in [3.63, 3.8) is 0 Å². The van der Waals surface area contributed by atoms with Crippen molar-refractivity contribution in [1.29, 1.82) is 5.26 Å². The van der Waals surface area contributed by atoms with E-state index < -0.39 is 5.41 Å². The van der Waals surface area contributed by atoms with Crippen molar-refractivity contribution in [2.24, 2.45) is 5.41 Å². The van der Waals surface area contributed by atoms with Crippen LogP contribution >= 0.6 is 0 Å². The third-order valence-electron chi connectivity index (χ3n) is 1.24. The molecule has 4 nitrogen and oxygen atoms in total. The van der Waals surface area contributed by atoms with Gasteiger partial charge in [-0.2, -0.15) is 5.26 Å². The summed E-state index contributed by atoms with van der Waals surface area (Å²) in [7, 11) is 0. The summed E-state index contributed by atoms with van der Waals surface area (Å²) < 4.78 is 0. The molecule has 0 aliphatic rings. The minimum absolute atomic E-state index is 0.104. The summed E-state index contributed by atoms with van der Waals surface area (Å²) in [6.45, 7) is 3.15. The second-order valence-electron chi connectivity index (χ2n) is 2.72. The first-order valence-electron chi connectivity index (χ1n) is 3.35. The van der Waals surface area contributed by atoms with Crippen LogP contribution in [0.3, 0.4) is 0 Å². The second kappa shape index (κ2) is 3.94. The summed E-state index contributed by atoms with van der Waals surface area (Å²) in [5, 5.41) is 19.3. The lowest BCUT2D eigenvalue weighted by atomic mass is 9.95. The summed E-state index contributed by atoms with van der Waals surface area (Å²) in [6.07, 6.45) is 0. The van der Waals surface area contributed by atoms with Crippen LogP contribution in [-0.4, -0.2) is 24.2 Å². The Balaban J connectivity index is 3.95. The molecule has 2 N–H and O–H groups in total. The first-order valence-corrected chi connectivity index (χ1v) is 3.35. The molecule has 0 rings (SSSR count). The third kappa shape index (κ3) is 3.01. The van der Waals surface area contributed by atoms with E-state index in [9.17, 15) is 4.79 Å². The highest BCUT2D eigenvalue weighted by molar-refractivity contribution is 5.84. The fraction of sp³-hybridized carbons (Fsp3) is 0.714. The Kier molecular flexibility index (Phi) is 3.55. The molecule has 0 aliphatic heterocycles. The summed E-state index contributed by atoms with van der Waals surface area (Å²) in [6, 6.07) is 1.86. The quantitative estimate of drug-likeness (QED) is 0.586. The monoisotopic (exact) mass is 156 g/mol. The Hall–Kier alpha value is -1.08. The van der Waals surface area contributed by atoms with E-state index in [4.69, 9.17) is 10.4 Å². The van der Waals surface area contributed by atoms with Gasteiger partial charge >= 0.3 is 0 Å². The maximum absolute atomic E-state index is 11.0. The van der Waals surface area contributed by atoms with Crippen molar-refractivity contribution in [3.05, 3.63) is 0 Å². The standard InChI is InChI=1S/C7H12N2O2/c1-7(2,5-8)6(11)9-3-4-10/h10H,3-4H2,1-2H3,(H,9,11). The van der Waals surface area contributed by atoms with Crippen LogP contribution in [0.5, 0.6) is 0 Å². The zero-order chi connectivity index (χ0) is 8.91. The van der Waals surface area contributed by atoms with E-state index in [1.807, 2.05) is 6.07 Å². The molecule has 4 heteroatoms. The summed E-state index contributed by atoms with van der Waals surface area (Å²) in [5.41, 5.74) is -1.00. The largest absolute Gasteiger partial charge is 0.395 e. The smallest absolute Gasteiger partial charge is 0.239 e. The molecule has 0 aromatic rings. The Labute approximate surface area is 65.8 Å². The molecule has 0 unspecified atom stereocenters. The molecule has 0 spiro atoms. The van der Waals surface area contributed by atoms with Crippen molar-refractivity contribution in [2.45, 2.75) is 13.8 Å². The fourth-order valence-electron chi connectivity index (χ4n) is 0.441. The van der Waals surface area contributed by atoms with Gasteiger partial charge in [0, 0.05) is 6.54 Å². The van der Waals surface area contributed by atoms with Gasteiger partial charge in [0.2, 0.25) is 5.91 Å². The average molecular weight is 156 g/mol. The number of carbonyl (C=O) groups is 1. The third-order valence-corrected chi connectivity index (χ3v) is 1.24. The van der Waals surface area contributed by atoms with E-state index in [1.165, 1.54) is 13.8 Å². The normalized spacial score (nSPS) is 10.4. The SMILES string of the molecule is CC(C)(C#N)C(=O)NCCO. The van der Waals surface area contributed by atoms with E-state index in [0.717, 1.165) is 0 Å². The first-order chi connectivity index (χ1) is 5.04. The van der Waals surface area contributed by atoms with Gasteiger partial charge in [-0.05, 0) is 13.8 Å². The van der Waals surface area contributed by atoms with Crippen molar-refractivity contribution >= 4 is 5.91 Å². The van der Waals surface area contributed by atoms with Crippen LogP contribution in [-0.2, 0) is 4.79 Å². The number of rotatable bonds is 3. The van der Waals surface area contributed by atoms with Gasteiger partial charge in [0.15, 0.2) is 0 Å². The summed E-state index contributed by atoms with van der Waals surface area (Å²) >= 11 is 0. The highest BCUT2D eigenvalue weighted by Crippen LogP contribution is 2.11. The number of hydrogen-bond acceptors (Lipinski definition) is 3. The molecule has 0 radical (unpaired) electrons. The van der Waals surface area contributed by atoms with Gasteiger partial charge in [-0.25, -0.2) is 0 Å². The minimum Gasteiger partial charge on any atom is -0.395 e. The van der Waals surface area contributed by atoms with Crippen LogP contribution < -0.4 is 5.32 Å². The maximum Gasteiger partial charge on any atom is 0.239 e. The van der Waals surface area contributed by atoms with Gasteiger partial charge in [-0.1, -0.05) is 0 Å². The van der Waals surface area contributed by atoms with Crippen molar-refractivity contribution in [3.8, 4) is 6.07 Å². The van der Waals surface area contributed by atoms with E-state index in [0.29, 0.717) is 0 Å². The van der Waals surface area contributed by atoms with Crippen LogP contribution in [0.4, 0.5) is 0 Å². The first kappa shape index (κ1) is 9.92. The zero-order valence-electron chi connectivity index (χ0n) is 6.72. The second-order valence-corrected chi connectivity index (χ2v) is 2.72. The number of aliphatic hydroxyl groups excluding tert-OH is 1. The molecule has 0 heterocycles. The number of carbonyl (C=O) groups excluding carboxylic acids is 1. The molecular formula is C7H12N2O2. The van der Waals surface area contributed by atoms with Gasteiger partial charge < -0.3 is 10.4 Å². The number of hydrogen-bond donors (Lipinski definition) is 2. The van der Waals surface area contributed by atoms with Crippen LogP contribution in [0.25, 0.3) is 0 Å². The summed E-state index contributed by atoms with van der Waals surface area (Å²) in [5.74, 6) is -0.353. The fourth-order valence-corrected chi connectivity index (χ4v) is 0.441. The lowest BCUT2D eigenvalue weighted by Gasteiger charge is -2.13. The minimum atomic E-state index is -1.00. The number of aliphatic hydroxyl groups is 1. The molecule has 0 bridgehead atoms. The van der Waals surface area contributed by atoms with Crippen LogP contribution in [0, 0.1) is 16.7 Å². The molecule has 0 aromatic carbocycles. The number of nitriles is 1. The summed E-state index contributed by atoms with van der Waals surface area (Å²) in [4.78, 5) is 11.0. The Morgan fingerprint density at radius 1 is 1.73 bits per heavy atom. The molecule has 62 valence electrons. The van der Waals surface area contributed by atoms with E-state index >= 15 is 0 Å². The molecular weight excluding hydrogens is 144 g/mol. The van der Waals surface area contributed by atoms with Gasteiger partial charge in [0.1, 0.15) is 5.41 Å². The Morgan fingerprint density at radius 2 is 2.27 bits per heavy atom. The zero-order valence-corrected chi connectivity index (χ0v) is 6.72. The predicted octanol–water partition coefficient (Wildman–Crippen LogP) is -0.355. The molecule has 0 aliphatic carbocycles. The molecule has 0 saturated heterocycles. The van der Waals surface area contributed by atoms with Crippen molar-refractivity contribution in [1.82, 2.24) is 5.32 Å². The van der Waals surface area contributed by atoms with Crippen molar-refractivity contribution in [2.75, 3.05) is 13.2 Å². The lowest BCUT2D eigenvalue weighted by Crippen LogP contribution is -2.37. The number of amides is 1. The van der Waals surface area contributed by atoms with Crippen molar-refractivity contribution < 1.29 is 9.90 Å². The van der Waals surface area contributed by atoms with E-state index in [1.54, 1.807) is 0 Å². The molecule has 0 atom stereocenters. The average Bonchev–Trinajstić information content (AvgIpc) is 2.00. The molecule has 0 fully saturated rings. The molecule has 0 aromatic heterocycles.